The lowest BCUT2D eigenvalue weighted by atomic mass is 10.0. The van der Waals surface area contributed by atoms with Gasteiger partial charge in [0.2, 0.25) is 0 Å². The third kappa shape index (κ3) is 3.44. The Morgan fingerprint density at radius 2 is 1.91 bits per heavy atom. The summed E-state index contributed by atoms with van der Waals surface area (Å²) in [6.07, 6.45) is -4.51. The second-order valence-electron chi connectivity index (χ2n) is 4.67. The minimum absolute atomic E-state index is 0.0919. The van der Waals surface area contributed by atoms with Crippen LogP contribution in [0.15, 0.2) is 24.3 Å². The Bertz CT molecular complexity index is 775. The van der Waals surface area contributed by atoms with E-state index in [1.807, 2.05) is 0 Å². The highest BCUT2D eigenvalue weighted by Gasteiger charge is 2.32. The molecule has 0 aliphatic rings. The summed E-state index contributed by atoms with van der Waals surface area (Å²) < 4.78 is 56.8. The molecular formula is C15H10ClF4NO2. The zero-order valence-electron chi connectivity index (χ0n) is 12.0. The standard InChI is InChI=1S/C15H10ClF4NO2/c1-7-5-8(3-4-9(7)15(18,19)20)12-11(17)6-10(16)13(21-12)14(22)23-2/h3-6H,1-2H3. The highest BCUT2D eigenvalue weighted by Crippen LogP contribution is 2.34. The Morgan fingerprint density at radius 1 is 1.26 bits per heavy atom. The predicted octanol–water partition coefficient (Wildman–Crippen LogP) is 4.65. The lowest BCUT2D eigenvalue weighted by Gasteiger charge is -2.12. The largest absolute Gasteiger partial charge is 0.464 e. The number of ether oxygens (including phenoxy) is 1. The van der Waals surface area contributed by atoms with Gasteiger partial charge in [-0.3, -0.25) is 0 Å². The van der Waals surface area contributed by atoms with Gasteiger partial charge in [0.05, 0.1) is 17.7 Å². The van der Waals surface area contributed by atoms with Crippen molar-refractivity contribution >= 4 is 17.6 Å². The molecule has 0 atom stereocenters. The third-order valence-corrected chi connectivity index (χ3v) is 3.40. The molecule has 0 bridgehead atoms. The summed E-state index contributed by atoms with van der Waals surface area (Å²) in [6, 6.07) is 3.92. The summed E-state index contributed by atoms with van der Waals surface area (Å²) >= 11 is 5.73. The van der Waals surface area contributed by atoms with Gasteiger partial charge >= 0.3 is 12.1 Å². The zero-order chi connectivity index (χ0) is 17.4. The molecule has 0 saturated carbocycles. The molecule has 0 fully saturated rings. The van der Waals surface area contributed by atoms with Crippen molar-refractivity contribution in [3.8, 4) is 11.3 Å². The molecule has 0 spiro atoms. The smallest absolute Gasteiger partial charge is 0.416 e. The van der Waals surface area contributed by atoms with Crippen LogP contribution in [0.1, 0.15) is 21.6 Å². The summed E-state index contributed by atoms with van der Waals surface area (Å²) in [4.78, 5) is 15.3. The van der Waals surface area contributed by atoms with Gasteiger partial charge in [0.1, 0.15) is 5.69 Å². The van der Waals surface area contributed by atoms with E-state index in [1.54, 1.807) is 0 Å². The number of benzene rings is 1. The number of carbonyl (C=O) groups is 1. The van der Waals surface area contributed by atoms with Crippen LogP contribution in [0.5, 0.6) is 0 Å². The number of rotatable bonds is 2. The van der Waals surface area contributed by atoms with E-state index in [9.17, 15) is 22.4 Å². The molecule has 0 aliphatic carbocycles. The topological polar surface area (TPSA) is 39.2 Å². The van der Waals surface area contributed by atoms with Gasteiger partial charge in [0, 0.05) is 5.56 Å². The van der Waals surface area contributed by atoms with Crippen LogP contribution in [0.2, 0.25) is 5.02 Å². The molecule has 0 radical (unpaired) electrons. The Balaban J connectivity index is 2.59. The van der Waals surface area contributed by atoms with Crippen LogP contribution in [0.25, 0.3) is 11.3 Å². The van der Waals surface area contributed by atoms with Crippen LogP contribution in [-0.2, 0) is 10.9 Å². The number of pyridine rings is 1. The molecular weight excluding hydrogens is 338 g/mol. The second kappa shape index (κ2) is 6.16. The molecule has 0 N–H and O–H groups in total. The highest BCUT2D eigenvalue weighted by atomic mass is 35.5. The number of aryl methyl sites for hydroxylation is 1. The average Bonchev–Trinajstić information content (AvgIpc) is 2.45. The minimum Gasteiger partial charge on any atom is -0.464 e. The third-order valence-electron chi connectivity index (χ3n) is 3.11. The van der Waals surface area contributed by atoms with Crippen LogP contribution in [0, 0.1) is 12.7 Å². The van der Waals surface area contributed by atoms with Crippen molar-refractivity contribution in [2.45, 2.75) is 13.1 Å². The van der Waals surface area contributed by atoms with E-state index < -0.39 is 23.5 Å². The number of alkyl halides is 3. The van der Waals surface area contributed by atoms with E-state index in [0.717, 1.165) is 31.4 Å². The van der Waals surface area contributed by atoms with Gasteiger partial charge in [-0.05, 0) is 30.7 Å². The molecule has 1 aromatic heterocycles. The quantitative estimate of drug-likeness (QED) is 0.586. The second-order valence-corrected chi connectivity index (χ2v) is 5.08. The maximum Gasteiger partial charge on any atom is 0.416 e. The monoisotopic (exact) mass is 347 g/mol. The SMILES string of the molecule is COC(=O)c1nc(-c2ccc(C(F)(F)F)c(C)c2)c(F)cc1Cl. The number of hydrogen-bond acceptors (Lipinski definition) is 3. The van der Waals surface area contributed by atoms with E-state index in [0.29, 0.717) is 0 Å². The van der Waals surface area contributed by atoms with Gasteiger partial charge in [0.25, 0.3) is 0 Å². The molecule has 0 amide bonds. The van der Waals surface area contributed by atoms with Gasteiger partial charge in [-0.1, -0.05) is 17.7 Å². The fourth-order valence-corrected chi connectivity index (χ4v) is 2.25. The van der Waals surface area contributed by atoms with E-state index in [2.05, 4.69) is 9.72 Å². The maximum atomic E-state index is 14.0. The van der Waals surface area contributed by atoms with E-state index in [1.165, 1.54) is 6.92 Å². The van der Waals surface area contributed by atoms with Crippen molar-refractivity contribution in [2.24, 2.45) is 0 Å². The van der Waals surface area contributed by atoms with Gasteiger partial charge < -0.3 is 4.74 Å². The number of carbonyl (C=O) groups excluding carboxylic acids is 1. The predicted molar refractivity (Wildman–Crippen MR) is 75.7 cm³/mol. The van der Waals surface area contributed by atoms with Crippen molar-refractivity contribution in [1.29, 1.82) is 0 Å². The molecule has 1 aromatic carbocycles. The first-order chi connectivity index (χ1) is 10.6. The number of esters is 1. The normalized spacial score (nSPS) is 11.4. The Morgan fingerprint density at radius 3 is 2.43 bits per heavy atom. The van der Waals surface area contributed by atoms with Crippen molar-refractivity contribution in [2.75, 3.05) is 7.11 Å². The molecule has 8 heteroatoms. The van der Waals surface area contributed by atoms with Crippen molar-refractivity contribution in [3.05, 3.63) is 51.9 Å². The van der Waals surface area contributed by atoms with Crippen LogP contribution < -0.4 is 0 Å². The van der Waals surface area contributed by atoms with E-state index in [-0.39, 0.29) is 27.5 Å². The first-order valence-corrected chi connectivity index (χ1v) is 6.65. The lowest BCUT2D eigenvalue weighted by Crippen LogP contribution is -2.09. The molecule has 0 unspecified atom stereocenters. The molecule has 1 heterocycles. The number of hydrogen-bond donors (Lipinski definition) is 0. The fraction of sp³-hybridized carbons (Fsp3) is 0.200. The molecule has 2 aromatic rings. The van der Waals surface area contributed by atoms with Crippen LogP contribution in [0.3, 0.4) is 0 Å². The molecule has 23 heavy (non-hydrogen) atoms. The highest BCUT2D eigenvalue weighted by molar-refractivity contribution is 6.33. The van der Waals surface area contributed by atoms with Gasteiger partial charge in [-0.15, -0.1) is 0 Å². The number of methoxy groups -OCH3 is 1. The Labute approximate surface area is 133 Å². The molecule has 3 nitrogen and oxygen atoms in total. The number of nitrogens with zero attached hydrogens (tertiary/aromatic N) is 1. The van der Waals surface area contributed by atoms with Gasteiger partial charge in [-0.25, -0.2) is 14.2 Å². The van der Waals surface area contributed by atoms with E-state index >= 15 is 0 Å². The summed E-state index contributed by atoms with van der Waals surface area (Å²) in [5, 5.41) is -0.248. The van der Waals surface area contributed by atoms with Crippen LogP contribution in [0.4, 0.5) is 17.6 Å². The minimum atomic E-state index is -4.51. The number of aromatic nitrogens is 1. The van der Waals surface area contributed by atoms with Crippen molar-refractivity contribution in [3.63, 3.8) is 0 Å². The average molecular weight is 348 g/mol. The fourth-order valence-electron chi connectivity index (χ4n) is 2.04. The molecule has 122 valence electrons. The molecule has 0 saturated heterocycles. The van der Waals surface area contributed by atoms with Gasteiger partial charge in [0.15, 0.2) is 11.5 Å². The first-order valence-electron chi connectivity index (χ1n) is 6.27. The summed E-state index contributed by atoms with van der Waals surface area (Å²) in [7, 11) is 1.10. The van der Waals surface area contributed by atoms with Crippen molar-refractivity contribution in [1.82, 2.24) is 4.98 Å². The summed E-state index contributed by atoms with van der Waals surface area (Å²) in [5.74, 6) is -1.73. The lowest BCUT2D eigenvalue weighted by molar-refractivity contribution is -0.138. The van der Waals surface area contributed by atoms with E-state index in [4.69, 9.17) is 11.6 Å². The maximum absolute atomic E-state index is 14.0. The zero-order valence-corrected chi connectivity index (χ0v) is 12.7. The van der Waals surface area contributed by atoms with Crippen LogP contribution in [-0.4, -0.2) is 18.1 Å². The molecule has 2 rings (SSSR count). The number of halogens is 5. The van der Waals surface area contributed by atoms with Gasteiger partial charge in [-0.2, -0.15) is 13.2 Å². The Hall–Kier alpha value is -2.15. The van der Waals surface area contributed by atoms with Crippen molar-refractivity contribution < 1.29 is 27.1 Å². The van der Waals surface area contributed by atoms with Crippen LogP contribution >= 0.6 is 11.6 Å². The molecule has 0 aliphatic heterocycles. The summed E-state index contributed by atoms with van der Waals surface area (Å²) in [5.41, 5.74) is -1.43. The summed E-state index contributed by atoms with van der Waals surface area (Å²) in [6.45, 7) is 1.25. The first kappa shape index (κ1) is 17.2. The Kier molecular flexibility index (Phi) is 4.61.